The van der Waals surface area contributed by atoms with E-state index in [-0.39, 0.29) is 5.91 Å². The number of carbonyl (C=O) groups excluding carboxylic acids is 1. The molecule has 0 fully saturated rings. The molecule has 0 aliphatic carbocycles. The molecular weight excluding hydrogens is 384 g/mol. The van der Waals surface area contributed by atoms with Gasteiger partial charge in [0.05, 0.1) is 12.3 Å². The summed E-state index contributed by atoms with van der Waals surface area (Å²) in [5, 5.41) is 3.76. The lowest BCUT2D eigenvalue weighted by Crippen LogP contribution is -2.24. The van der Waals surface area contributed by atoms with Crippen LogP contribution in [0.3, 0.4) is 0 Å². The van der Waals surface area contributed by atoms with E-state index in [0.717, 1.165) is 35.0 Å². The summed E-state index contributed by atoms with van der Waals surface area (Å²) >= 11 is 1.38. The minimum absolute atomic E-state index is 0.0782. The zero-order valence-corrected chi connectivity index (χ0v) is 17.6. The van der Waals surface area contributed by atoms with Crippen LogP contribution in [0, 0.1) is 13.8 Å². The fourth-order valence-electron chi connectivity index (χ4n) is 2.72. The smallest absolute Gasteiger partial charge is 0.263 e. The van der Waals surface area contributed by atoms with Gasteiger partial charge in [-0.25, -0.2) is 4.98 Å². The lowest BCUT2D eigenvalue weighted by atomic mass is 10.2. The molecule has 0 unspecified atom stereocenters. The Kier molecular flexibility index (Phi) is 7.64. The van der Waals surface area contributed by atoms with E-state index in [9.17, 15) is 4.79 Å². The number of hydrogen-bond donors (Lipinski definition) is 1. The number of thiazole rings is 1. The third kappa shape index (κ3) is 6.61. The monoisotopic (exact) mass is 410 g/mol. The maximum atomic E-state index is 12.4. The molecule has 0 aliphatic rings. The largest absolute Gasteiger partial charge is 0.494 e. The Morgan fingerprint density at radius 1 is 0.966 bits per heavy atom. The van der Waals surface area contributed by atoms with Crippen LogP contribution >= 0.6 is 11.3 Å². The molecule has 1 aromatic heterocycles. The van der Waals surface area contributed by atoms with E-state index in [4.69, 9.17) is 9.47 Å². The summed E-state index contributed by atoms with van der Waals surface area (Å²) in [5.74, 6) is 1.59. The van der Waals surface area contributed by atoms with E-state index in [2.05, 4.69) is 10.3 Å². The lowest BCUT2D eigenvalue weighted by Gasteiger charge is -2.06. The maximum absolute atomic E-state index is 12.4. The fourth-order valence-corrected chi connectivity index (χ4v) is 3.61. The molecule has 29 heavy (non-hydrogen) atoms. The summed E-state index contributed by atoms with van der Waals surface area (Å²) in [5.41, 5.74) is 1.93. The highest BCUT2D eigenvalue weighted by atomic mass is 32.1. The highest BCUT2D eigenvalue weighted by Crippen LogP contribution is 2.20. The van der Waals surface area contributed by atoms with Crippen LogP contribution in [-0.2, 0) is 6.61 Å². The molecule has 152 valence electrons. The van der Waals surface area contributed by atoms with Gasteiger partial charge >= 0.3 is 0 Å². The summed E-state index contributed by atoms with van der Waals surface area (Å²) in [4.78, 5) is 17.5. The molecule has 5 nitrogen and oxygen atoms in total. The van der Waals surface area contributed by atoms with E-state index in [0.29, 0.717) is 24.6 Å². The first-order valence-corrected chi connectivity index (χ1v) is 10.6. The number of unbranched alkanes of at least 4 members (excludes halogenated alkanes) is 1. The molecule has 6 heteroatoms. The zero-order valence-electron chi connectivity index (χ0n) is 16.8. The van der Waals surface area contributed by atoms with Crippen LogP contribution in [0.4, 0.5) is 0 Å². The first-order chi connectivity index (χ1) is 14.1. The number of amides is 1. The summed E-state index contributed by atoms with van der Waals surface area (Å²) in [6.07, 6.45) is 1.74. The molecule has 2 aromatic carbocycles. The summed E-state index contributed by atoms with van der Waals surface area (Å²) in [6.45, 7) is 5.51. The number of ether oxygens (including phenoxy) is 2. The van der Waals surface area contributed by atoms with Crippen LogP contribution in [0.25, 0.3) is 0 Å². The predicted molar refractivity (Wildman–Crippen MR) is 116 cm³/mol. The van der Waals surface area contributed by atoms with E-state index >= 15 is 0 Å². The van der Waals surface area contributed by atoms with Crippen LogP contribution in [-0.4, -0.2) is 24.0 Å². The topological polar surface area (TPSA) is 60.5 Å². The normalized spacial score (nSPS) is 10.6. The van der Waals surface area contributed by atoms with Crippen molar-refractivity contribution in [1.29, 1.82) is 0 Å². The number of hydrogen-bond acceptors (Lipinski definition) is 5. The number of nitrogens with zero attached hydrogens (tertiary/aromatic N) is 1. The molecule has 1 amide bonds. The number of aromatic nitrogens is 1. The van der Waals surface area contributed by atoms with Crippen LogP contribution in [0.2, 0.25) is 0 Å². The SMILES string of the molecule is Cc1ccc(OCc2nc(C)c(C(=O)NCCCCOc3ccccc3)s2)cc1. The predicted octanol–water partition coefficient (Wildman–Crippen LogP) is 4.93. The van der Waals surface area contributed by atoms with E-state index in [1.165, 1.54) is 16.9 Å². The lowest BCUT2D eigenvalue weighted by molar-refractivity contribution is 0.0955. The van der Waals surface area contributed by atoms with Gasteiger partial charge in [-0.1, -0.05) is 35.9 Å². The average Bonchev–Trinajstić information content (AvgIpc) is 3.11. The van der Waals surface area contributed by atoms with Gasteiger partial charge in [0.25, 0.3) is 5.91 Å². The number of nitrogens with one attached hydrogen (secondary N) is 1. The first-order valence-electron chi connectivity index (χ1n) is 9.73. The third-order valence-electron chi connectivity index (χ3n) is 4.30. The van der Waals surface area contributed by atoms with Gasteiger partial charge in [-0.05, 0) is 51.0 Å². The second-order valence-electron chi connectivity index (χ2n) is 6.75. The van der Waals surface area contributed by atoms with E-state index < -0.39 is 0 Å². The zero-order chi connectivity index (χ0) is 20.5. The quantitative estimate of drug-likeness (QED) is 0.482. The Labute approximate surface area is 175 Å². The number of para-hydroxylation sites is 1. The second kappa shape index (κ2) is 10.6. The minimum atomic E-state index is -0.0782. The van der Waals surface area contributed by atoms with Gasteiger partial charge in [0.15, 0.2) is 0 Å². The summed E-state index contributed by atoms with van der Waals surface area (Å²) in [7, 11) is 0. The van der Waals surface area contributed by atoms with Gasteiger partial charge in [0.1, 0.15) is 28.0 Å². The van der Waals surface area contributed by atoms with Gasteiger partial charge in [-0.15, -0.1) is 11.3 Å². The molecule has 1 N–H and O–H groups in total. The van der Waals surface area contributed by atoms with E-state index in [1.807, 2.05) is 68.4 Å². The Bertz CT molecular complexity index is 908. The van der Waals surface area contributed by atoms with Crippen LogP contribution in [0.15, 0.2) is 54.6 Å². The van der Waals surface area contributed by atoms with Crippen LogP contribution in [0.1, 0.15) is 38.8 Å². The average molecular weight is 411 g/mol. The van der Waals surface area contributed by atoms with Crippen LogP contribution < -0.4 is 14.8 Å². The number of aryl methyl sites for hydroxylation is 2. The van der Waals surface area contributed by atoms with Gasteiger partial charge in [-0.3, -0.25) is 4.79 Å². The van der Waals surface area contributed by atoms with Gasteiger partial charge in [-0.2, -0.15) is 0 Å². The minimum Gasteiger partial charge on any atom is -0.494 e. The summed E-state index contributed by atoms with van der Waals surface area (Å²) < 4.78 is 11.4. The second-order valence-corrected chi connectivity index (χ2v) is 7.83. The number of benzene rings is 2. The fraction of sp³-hybridized carbons (Fsp3) is 0.304. The Morgan fingerprint density at radius 2 is 1.69 bits per heavy atom. The van der Waals surface area contributed by atoms with Crippen molar-refractivity contribution in [1.82, 2.24) is 10.3 Å². The van der Waals surface area contributed by atoms with Crippen molar-refractivity contribution in [2.45, 2.75) is 33.3 Å². The van der Waals surface area contributed by atoms with Crippen molar-refractivity contribution >= 4 is 17.2 Å². The van der Waals surface area contributed by atoms with Crippen LogP contribution in [0.5, 0.6) is 11.5 Å². The molecule has 0 saturated carbocycles. The molecule has 3 rings (SSSR count). The molecule has 0 bridgehead atoms. The van der Waals surface area contributed by atoms with Crippen molar-refractivity contribution in [2.24, 2.45) is 0 Å². The molecule has 3 aromatic rings. The van der Waals surface area contributed by atoms with Crippen molar-refractivity contribution in [3.63, 3.8) is 0 Å². The van der Waals surface area contributed by atoms with Gasteiger partial charge < -0.3 is 14.8 Å². The Hall–Kier alpha value is -2.86. The Morgan fingerprint density at radius 3 is 2.45 bits per heavy atom. The molecule has 1 heterocycles. The van der Waals surface area contributed by atoms with Crippen molar-refractivity contribution in [3.8, 4) is 11.5 Å². The third-order valence-corrected chi connectivity index (χ3v) is 5.43. The molecule has 0 spiro atoms. The van der Waals surface area contributed by atoms with Crippen molar-refractivity contribution < 1.29 is 14.3 Å². The maximum Gasteiger partial charge on any atom is 0.263 e. The molecule has 0 radical (unpaired) electrons. The van der Waals surface area contributed by atoms with Gasteiger partial charge in [0, 0.05) is 6.54 Å². The molecule has 0 atom stereocenters. The summed E-state index contributed by atoms with van der Waals surface area (Å²) in [6, 6.07) is 17.6. The highest BCUT2D eigenvalue weighted by molar-refractivity contribution is 7.13. The highest BCUT2D eigenvalue weighted by Gasteiger charge is 2.15. The van der Waals surface area contributed by atoms with E-state index in [1.54, 1.807) is 0 Å². The first kappa shape index (κ1) is 20.9. The van der Waals surface area contributed by atoms with Gasteiger partial charge in [0.2, 0.25) is 0 Å². The van der Waals surface area contributed by atoms with Crippen molar-refractivity contribution in [2.75, 3.05) is 13.2 Å². The van der Waals surface area contributed by atoms with Crippen molar-refractivity contribution in [3.05, 3.63) is 75.7 Å². The Balaban J connectivity index is 1.38. The molecule has 0 aliphatic heterocycles. The standard InChI is InChI=1S/C23H26N2O3S/c1-17-10-12-20(13-11-17)28-16-21-25-18(2)22(29-21)23(26)24-14-6-7-15-27-19-8-4-3-5-9-19/h3-5,8-13H,6-7,14-16H2,1-2H3,(H,24,26). The number of rotatable bonds is 10. The molecular formula is C23H26N2O3S. The molecule has 0 saturated heterocycles. The number of carbonyl (C=O) groups is 1.